The second kappa shape index (κ2) is 4.23. The van der Waals surface area contributed by atoms with Crippen molar-refractivity contribution in [3.05, 3.63) is 28.2 Å². The highest BCUT2D eigenvalue weighted by Crippen LogP contribution is 2.24. The van der Waals surface area contributed by atoms with Crippen molar-refractivity contribution in [3.63, 3.8) is 0 Å². The Balaban J connectivity index is 2.83. The number of hydrogen-bond acceptors (Lipinski definition) is 3. The number of aliphatic carboxylic acids is 1. The molecule has 0 atom stereocenters. The lowest BCUT2D eigenvalue weighted by Crippen LogP contribution is -2.14. The molecule has 0 spiro atoms. The molecule has 0 unspecified atom stereocenters. The van der Waals surface area contributed by atoms with Crippen LogP contribution < -0.4 is 0 Å². The average molecular weight is 259 g/mol. The summed E-state index contributed by atoms with van der Waals surface area (Å²) in [4.78, 5) is 21.1. The molecule has 0 saturated carbocycles. The smallest absolute Gasteiger partial charge is 0.372 e. The zero-order valence-corrected chi connectivity index (χ0v) is 8.61. The number of carboxylic acids is 1. The SMILES string of the molecule is O=C(O)C(=O)Cc1ccc(O)c(Br)c1. The quantitative estimate of drug-likeness (QED) is 0.803. The fraction of sp³-hybridized carbons (Fsp3) is 0.111. The van der Waals surface area contributed by atoms with Crippen LogP contribution in [0.25, 0.3) is 0 Å². The van der Waals surface area contributed by atoms with Gasteiger partial charge in [-0.05, 0) is 33.6 Å². The molecule has 0 saturated heterocycles. The predicted octanol–water partition coefficient (Wildman–Crippen LogP) is 1.35. The second-order valence-electron chi connectivity index (χ2n) is 2.69. The Morgan fingerprint density at radius 3 is 2.50 bits per heavy atom. The van der Waals surface area contributed by atoms with Crippen LogP contribution in [0.3, 0.4) is 0 Å². The molecule has 1 rings (SSSR count). The molecule has 1 aromatic rings. The largest absolute Gasteiger partial charge is 0.507 e. The highest BCUT2D eigenvalue weighted by atomic mass is 79.9. The summed E-state index contributed by atoms with van der Waals surface area (Å²) in [5, 5.41) is 17.5. The van der Waals surface area contributed by atoms with Gasteiger partial charge in [0.05, 0.1) is 4.47 Å². The second-order valence-corrected chi connectivity index (χ2v) is 3.55. The van der Waals surface area contributed by atoms with Crippen molar-refractivity contribution in [3.8, 4) is 5.75 Å². The number of carbonyl (C=O) groups excluding carboxylic acids is 1. The minimum absolute atomic E-state index is 0.0523. The van der Waals surface area contributed by atoms with Crippen molar-refractivity contribution >= 4 is 27.7 Å². The van der Waals surface area contributed by atoms with Gasteiger partial charge in [-0.25, -0.2) is 4.79 Å². The van der Waals surface area contributed by atoms with E-state index in [0.29, 0.717) is 10.0 Å². The third kappa shape index (κ3) is 2.56. The monoisotopic (exact) mass is 258 g/mol. The van der Waals surface area contributed by atoms with Crippen LogP contribution in [0.5, 0.6) is 5.75 Å². The minimum Gasteiger partial charge on any atom is -0.507 e. The van der Waals surface area contributed by atoms with Gasteiger partial charge in [-0.15, -0.1) is 0 Å². The van der Waals surface area contributed by atoms with Crippen LogP contribution in [-0.4, -0.2) is 22.0 Å². The van der Waals surface area contributed by atoms with Gasteiger partial charge < -0.3 is 10.2 Å². The van der Waals surface area contributed by atoms with Gasteiger partial charge in [0, 0.05) is 6.42 Å². The van der Waals surface area contributed by atoms with Gasteiger partial charge in [0.15, 0.2) is 0 Å². The number of benzene rings is 1. The summed E-state index contributed by atoms with van der Waals surface area (Å²) in [6, 6.07) is 4.41. The van der Waals surface area contributed by atoms with Crippen LogP contribution in [0.2, 0.25) is 0 Å². The first-order chi connectivity index (χ1) is 6.50. The van der Waals surface area contributed by atoms with Crippen molar-refractivity contribution in [1.82, 2.24) is 0 Å². The van der Waals surface area contributed by atoms with Crippen molar-refractivity contribution in [2.24, 2.45) is 0 Å². The molecule has 14 heavy (non-hydrogen) atoms. The Kier molecular flexibility index (Phi) is 3.24. The van der Waals surface area contributed by atoms with Crippen LogP contribution >= 0.6 is 15.9 Å². The van der Waals surface area contributed by atoms with E-state index in [9.17, 15) is 9.59 Å². The molecule has 4 nitrogen and oxygen atoms in total. The maximum atomic E-state index is 10.8. The summed E-state index contributed by atoms with van der Waals surface area (Å²) < 4.78 is 0.438. The number of carboxylic acid groups (broad SMARTS) is 1. The van der Waals surface area contributed by atoms with E-state index < -0.39 is 11.8 Å². The van der Waals surface area contributed by atoms with Gasteiger partial charge in [-0.1, -0.05) is 6.07 Å². The Morgan fingerprint density at radius 1 is 1.36 bits per heavy atom. The summed E-state index contributed by atoms with van der Waals surface area (Å²) in [5.74, 6) is -2.27. The van der Waals surface area contributed by atoms with E-state index in [1.165, 1.54) is 18.2 Å². The van der Waals surface area contributed by atoms with Crippen LogP contribution in [-0.2, 0) is 16.0 Å². The summed E-state index contributed by atoms with van der Waals surface area (Å²) in [7, 11) is 0. The van der Waals surface area contributed by atoms with Gasteiger partial charge in [-0.2, -0.15) is 0 Å². The first kappa shape index (κ1) is 10.7. The van der Waals surface area contributed by atoms with Gasteiger partial charge in [-0.3, -0.25) is 4.79 Å². The molecule has 2 N–H and O–H groups in total. The molecule has 1 aromatic carbocycles. The van der Waals surface area contributed by atoms with Crippen LogP contribution in [0.1, 0.15) is 5.56 Å². The average Bonchev–Trinajstić information content (AvgIpc) is 2.11. The standard InChI is InChI=1S/C9H7BrO4/c10-6-3-5(1-2-7(6)11)4-8(12)9(13)14/h1-3,11H,4H2,(H,13,14). The molecule has 0 amide bonds. The van der Waals surface area contributed by atoms with Crippen LogP contribution in [0.15, 0.2) is 22.7 Å². The number of rotatable bonds is 3. The highest BCUT2D eigenvalue weighted by molar-refractivity contribution is 9.10. The lowest BCUT2D eigenvalue weighted by Gasteiger charge is -2.00. The summed E-state index contributed by atoms with van der Waals surface area (Å²) >= 11 is 3.06. The summed E-state index contributed by atoms with van der Waals surface area (Å²) in [6.07, 6.45) is -0.172. The molecule has 0 bridgehead atoms. The molecule has 0 fully saturated rings. The molecule has 0 aliphatic carbocycles. The molecule has 0 radical (unpaired) electrons. The lowest BCUT2D eigenvalue weighted by molar-refractivity contribution is -0.148. The number of phenols is 1. The van der Waals surface area contributed by atoms with Crippen molar-refractivity contribution in [2.75, 3.05) is 0 Å². The minimum atomic E-state index is -1.45. The maximum Gasteiger partial charge on any atom is 0.372 e. The van der Waals surface area contributed by atoms with E-state index in [1.807, 2.05) is 0 Å². The van der Waals surface area contributed by atoms with E-state index in [4.69, 9.17) is 10.2 Å². The van der Waals surface area contributed by atoms with Gasteiger partial charge in [0.1, 0.15) is 5.75 Å². The fourth-order valence-electron chi connectivity index (χ4n) is 0.921. The molecular weight excluding hydrogens is 252 g/mol. The summed E-state index contributed by atoms with van der Waals surface area (Å²) in [5.41, 5.74) is 0.544. The molecule has 0 aliphatic rings. The first-order valence-electron chi connectivity index (χ1n) is 3.74. The number of ketones is 1. The Labute approximate surface area is 88.3 Å². The zero-order valence-electron chi connectivity index (χ0n) is 7.03. The van der Waals surface area contributed by atoms with Crippen LogP contribution in [0.4, 0.5) is 0 Å². The molecule has 0 heterocycles. The van der Waals surface area contributed by atoms with Gasteiger partial charge in [0.2, 0.25) is 5.78 Å². The maximum absolute atomic E-state index is 10.8. The number of carbonyl (C=O) groups is 2. The molecule has 0 aromatic heterocycles. The Morgan fingerprint density at radius 2 is 2.00 bits per heavy atom. The number of Topliss-reactive ketones (excluding diaryl/α,β-unsaturated/α-hetero) is 1. The Bertz CT molecular complexity index is 386. The lowest BCUT2D eigenvalue weighted by atomic mass is 10.1. The zero-order chi connectivity index (χ0) is 10.7. The number of phenolic OH excluding ortho intramolecular Hbond substituents is 1. The molecule has 5 heteroatoms. The van der Waals surface area contributed by atoms with Crippen LogP contribution in [0, 0.1) is 0 Å². The van der Waals surface area contributed by atoms with E-state index in [2.05, 4.69) is 15.9 Å². The first-order valence-corrected chi connectivity index (χ1v) is 4.53. The van der Waals surface area contributed by atoms with E-state index >= 15 is 0 Å². The molecule has 74 valence electrons. The number of halogens is 1. The molecular formula is C9H7BrO4. The third-order valence-electron chi connectivity index (χ3n) is 1.62. The predicted molar refractivity (Wildman–Crippen MR) is 52.2 cm³/mol. The fourth-order valence-corrected chi connectivity index (χ4v) is 1.35. The van der Waals surface area contributed by atoms with Gasteiger partial charge in [0.25, 0.3) is 0 Å². The Hall–Kier alpha value is -1.36. The van der Waals surface area contributed by atoms with Crippen molar-refractivity contribution in [2.45, 2.75) is 6.42 Å². The highest BCUT2D eigenvalue weighted by Gasteiger charge is 2.12. The summed E-state index contributed by atoms with van der Waals surface area (Å²) in [6.45, 7) is 0. The van der Waals surface area contributed by atoms with E-state index in [-0.39, 0.29) is 12.2 Å². The van der Waals surface area contributed by atoms with Crippen molar-refractivity contribution < 1.29 is 19.8 Å². The molecule has 0 aliphatic heterocycles. The van der Waals surface area contributed by atoms with E-state index in [0.717, 1.165) is 0 Å². The van der Waals surface area contributed by atoms with Gasteiger partial charge >= 0.3 is 5.97 Å². The number of hydrogen-bond donors (Lipinski definition) is 2. The number of aromatic hydroxyl groups is 1. The third-order valence-corrected chi connectivity index (χ3v) is 2.25. The van der Waals surface area contributed by atoms with Crippen molar-refractivity contribution in [1.29, 1.82) is 0 Å². The normalized spacial score (nSPS) is 9.79. The van der Waals surface area contributed by atoms with E-state index in [1.54, 1.807) is 0 Å². The topological polar surface area (TPSA) is 74.6 Å².